The molecular weight excluding hydrogens is 469 g/mol. The second kappa shape index (κ2) is 11.2. The molecule has 2 N–H and O–H groups in total. The Balaban J connectivity index is 1.18. The zero-order chi connectivity index (χ0) is 23.2. The van der Waals surface area contributed by atoms with Crippen molar-refractivity contribution in [3.8, 4) is 0 Å². The van der Waals surface area contributed by atoms with Gasteiger partial charge in [0.2, 0.25) is 0 Å². The van der Waals surface area contributed by atoms with Crippen molar-refractivity contribution in [1.82, 2.24) is 25.6 Å². The van der Waals surface area contributed by atoms with Crippen LogP contribution in [-0.4, -0.2) is 72.3 Å². The van der Waals surface area contributed by atoms with E-state index in [0.717, 1.165) is 44.6 Å². The number of amides is 3. The molecule has 2 aromatic rings. The molecule has 178 valence electrons. The van der Waals surface area contributed by atoms with Crippen LogP contribution in [0.5, 0.6) is 0 Å². The predicted octanol–water partition coefficient (Wildman–Crippen LogP) is 2.92. The van der Waals surface area contributed by atoms with E-state index in [1.165, 1.54) is 0 Å². The van der Waals surface area contributed by atoms with Gasteiger partial charge in [-0.05, 0) is 30.5 Å². The molecule has 0 unspecified atom stereocenters. The lowest BCUT2D eigenvalue weighted by Crippen LogP contribution is -2.48. The highest BCUT2D eigenvalue weighted by atomic mass is 35.5. The van der Waals surface area contributed by atoms with Crippen molar-refractivity contribution >= 4 is 35.1 Å². The molecule has 9 nitrogen and oxygen atoms in total. The first-order valence-corrected chi connectivity index (χ1v) is 11.8. The third-order valence-corrected chi connectivity index (χ3v) is 6.44. The monoisotopic (exact) mass is 495 g/mol. The molecule has 0 saturated carbocycles. The number of benzene rings is 1. The van der Waals surface area contributed by atoms with Crippen LogP contribution in [0.4, 0.5) is 4.79 Å². The molecule has 0 spiro atoms. The number of ether oxygens (including phenoxy) is 1. The summed E-state index contributed by atoms with van der Waals surface area (Å²) in [5.74, 6) is 0.293. The number of aromatic nitrogens is 1. The zero-order valence-corrected chi connectivity index (χ0v) is 19.7. The molecular formula is C22H27Cl2N5O4. The van der Waals surface area contributed by atoms with Gasteiger partial charge in [0.05, 0.1) is 29.3 Å². The fourth-order valence-corrected chi connectivity index (χ4v) is 4.28. The molecule has 1 aromatic heterocycles. The second-order valence-electron chi connectivity index (χ2n) is 8.22. The van der Waals surface area contributed by atoms with E-state index in [9.17, 15) is 9.59 Å². The van der Waals surface area contributed by atoms with Gasteiger partial charge in [-0.2, -0.15) is 0 Å². The van der Waals surface area contributed by atoms with E-state index in [-0.39, 0.29) is 30.3 Å². The van der Waals surface area contributed by atoms with Gasteiger partial charge in [-0.1, -0.05) is 34.4 Å². The molecule has 11 heteroatoms. The standard InChI is InChI=1S/C22H27Cl2N5O4/c23-18-4-3-15(9-19(18)24)13-28-7-8-32-17(14-28)12-26-22(31)25-11-16-10-20(27-33-16)21(30)29-5-1-2-6-29/h3-4,9-10,17H,1-2,5-8,11-14H2,(H2,25,26,31)/t17-/m0/s1. The first-order chi connectivity index (χ1) is 16.0. The van der Waals surface area contributed by atoms with Crippen molar-refractivity contribution < 1.29 is 18.8 Å². The molecule has 4 rings (SSSR count). The number of halogens is 2. The number of carbonyl (C=O) groups excluding carboxylic acids is 2. The Kier molecular flexibility index (Phi) is 8.08. The maximum atomic E-state index is 12.3. The minimum atomic E-state index is -0.343. The van der Waals surface area contributed by atoms with Crippen LogP contribution < -0.4 is 10.6 Å². The summed E-state index contributed by atoms with van der Waals surface area (Å²) in [4.78, 5) is 28.5. The predicted molar refractivity (Wildman–Crippen MR) is 123 cm³/mol. The number of morpholine rings is 1. The van der Waals surface area contributed by atoms with Gasteiger partial charge in [-0.3, -0.25) is 9.69 Å². The molecule has 1 aromatic carbocycles. The van der Waals surface area contributed by atoms with Crippen molar-refractivity contribution in [2.45, 2.75) is 32.0 Å². The van der Waals surface area contributed by atoms with E-state index in [0.29, 0.717) is 35.5 Å². The first kappa shape index (κ1) is 23.8. The molecule has 2 aliphatic rings. The van der Waals surface area contributed by atoms with E-state index in [4.69, 9.17) is 32.5 Å². The summed E-state index contributed by atoms with van der Waals surface area (Å²) < 4.78 is 11.0. The van der Waals surface area contributed by atoms with Crippen LogP contribution in [0.25, 0.3) is 0 Å². The van der Waals surface area contributed by atoms with Crippen molar-refractivity contribution in [2.24, 2.45) is 0 Å². The van der Waals surface area contributed by atoms with E-state index in [1.807, 2.05) is 12.1 Å². The van der Waals surface area contributed by atoms with Gasteiger partial charge in [0.25, 0.3) is 5.91 Å². The molecule has 33 heavy (non-hydrogen) atoms. The Hall–Kier alpha value is -2.33. The summed E-state index contributed by atoms with van der Waals surface area (Å²) in [6.45, 7) is 4.80. The first-order valence-electron chi connectivity index (χ1n) is 11.0. The van der Waals surface area contributed by atoms with Gasteiger partial charge in [0.1, 0.15) is 0 Å². The lowest BCUT2D eigenvalue weighted by Gasteiger charge is -2.33. The lowest BCUT2D eigenvalue weighted by molar-refractivity contribution is -0.0287. The van der Waals surface area contributed by atoms with E-state index < -0.39 is 0 Å². The summed E-state index contributed by atoms with van der Waals surface area (Å²) in [5, 5.41) is 10.4. The van der Waals surface area contributed by atoms with Gasteiger partial charge >= 0.3 is 6.03 Å². The Morgan fingerprint density at radius 1 is 1.09 bits per heavy atom. The Morgan fingerprint density at radius 3 is 2.70 bits per heavy atom. The number of hydrogen-bond donors (Lipinski definition) is 2. The van der Waals surface area contributed by atoms with E-state index in [2.05, 4.69) is 20.7 Å². The Morgan fingerprint density at radius 2 is 1.91 bits per heavy atom. The maximum Gasteiger partial charge on any atom is 0.315 e. The van der Waals surface area contributed by atoms with Gasteiger partial charge in [-0.25, -0.2) is 4.79 Å². The lowest BCUT2D eigenvalue weighted by atomic mass is 10.2. The molecule has 0 aliphatic carbocycles. The molecule has 0 bridgehead atoms. The summed E-state index contributed by atoms with van der Waals surface area (Å²) in [6.07, 6.45) is 1.90. The van der Waals surface area contributed by atoms with Gasteiger partial charge < -0.3 is 24.8 Å². The number of carbonyl (C=O) groups is 2. The molecule has 3 amide bonds. The fraction of sp³-hybridized carbons (Fsp3) is 0.500. The van der Waals surface area contributed by atoms with Crippen LogP contribution in [0.2, 0.25) is 10.0 Å². The zero-order valence-electron chi connectivity index (χ0n) is 18.2. The topological polar surface area (TPSA) is 99.9 Å². The van der Waals surface area contributed by atoms with Crippen molar-refractivity contribution in [2.75, 3.05) is 39.3 Å². The summed E-state index contributed by atoms with van der Waals surface area (Å²) >= 11 is 12.1. The van der Waals surface area contributed by atoms with E-state index >= 15 is 0 Å². The highest BCUT2D eigenvalue weighted by Crippen LogP contribution is 2.23. The second-order valence-corrected chi connectivity index (χ2v) is 9.03. The Labute approximate surface area is 202 Å². The summed E-state index contributed by atoms with van der Waals surface area (Å²) in [7, 11) is 0. The van der Waals surface area contributed by atoms with Crippen LogP contribution in [0, 0.1) is 0 Å². The van der Waals surface area contributed by atoms with Gasteiger partial charge in [0, 0.05) is 45.3 Å². The quantitative estimate of drug-likeness (QED) is 0.612. The number of urea groups is 1. The smallest absolute Gasteiger partial charge is 0.315 e. The van der Waals surface area contributed by atoms with Crippen LogP contribution in [0.3, 0.4) is 0 Å². The molecule has 0 radical (unpaired) electrons. The number of nitrogens with one attached hydrogen (secondary N) is 2. The normalized spacial score (nSPS) is 19.0. The SMILES string of the molecule is O=C(NCc1cc(C(=O)N2CCCC2)no1)NC[C@H]1CN(Cc2ccc(Cl)c(Cl)c2)CCO1. The number of rotatable bonds is 7. The van der Waals surface area contributed by atoms with Crippen LogP contribution >= 0.6 is 23.2 Å². The minimum absolute atomic E-state index is 0.123. The summed E-state index contributed by atoms with van der Waals surface area (Å²) in [6, 6.07) is 6.85. The number of nitrogens with zero attached hydrogens (tertiary/aromatic N) is 3. The van der Waals surface area contributed by atoms with E-state index in [1.54, 1.807) is 17.0 Å². The largest absolute Gasteiger partial charge is 0.374 e. The minimum Gasteiger partial charge on any atom is -0.374 e. The van der Waals surface area contributed by atoms with Crippen LogP contribution in [0.15, 0.2) is 28.8 Å². The van der Waals surface area contributed by atoms with Crippen molar-refractivity contribution in [3.63, 3.8) is 0 Å². The number of hydrogen-bond acceptors (Lipinski definition) is 6. The molecule has 2 aliphatic heterocycles. The maximum absolute atomic E-state index is 12.3. The number of likely N-dealkylation sites (tertiary alicyclic amines) is 1. The highest BCUT2D eigenvalue weighted by Gasteiger charge is 2.23. The van der Waals surface area contributed by atoms with Gasteiger partial charge in [0.15, 0.2) is 11.5 Å². The Bertz CT molecular complexity index is 979. The third-order valence-electron chi connectivity index (χ3n) is 5.70. The average Bonchev–Trinajstić information content (AvgIpc) is 3.51. The van der Waals surface area contributed by atoms with Crippen molar-refractivity contribution in [1.29, 1.82) is 0 Å². The molecule has 1 atom stereocenters. The average molecular weight is 496 g/mol. The molecule has 2 fully saturated rings. The van der Waals surface area contributed by atoms with Crippen molar-refractivity contribution in [3.05, 3.63) is 51.3 Å². The highest BCUT2D eigenvalue weighted by molar-refractivity contribution is 6.42. The van der Waals surface area contributed by atoms with Crippen LogP contribution in [-0.2, 0) is 17.8 Å². The molecule has 2 saturated heterocycles. The fourth-order valence-electron chi connectivity index (χ4n) is 3.96. The van der Waals surface area contributed by atoms with Crippen LogP contribution in [0.1, 0.15) is 34.7 Å². The van der Waals surface area contributed by atoms with Gasteiger partial charge in [-0.15, -0.1) is 0 Å². The summed E-state index contributed by atoms with van der Waals surface area (Å²) in [5.41, 5.74) is 1.34. The molecule has 3 heterocycles. The third kappa shape index (κ3) is 6.60.